The molecule has 0 atom stereocenters. The third-order valence-electron chi connectivity index (χ3n) is 4.91. The number of nitrogens with one attached hydrogen (secondary N) is 1. The standard InChI is InChI=1S/C21H22ClN3O/c22-16-6-9-20-18(12-16)19(21(26)24-20)13-23-17-7-4-15(5-8-17)14-25-10-2-1-3-11-25/h4-9,12-13,24,26H,1-3,10-11,14H2. The fourth-order valence-corrected chi connectivity index (χ4v) is 3.68. The van der Waals surface area contributed by atoms with Crippen molar-refractivity contribution in [2.45, 2.75) is 25.8 Å². The molecule has 0 saturated carbocycles. The van der Waals surface area contributed by atoms with Gasteiger partial charge in [-0.2, -0.15) is 0 Å². The molecule has 1 aromatic heterocycles. The zero-order chi connectivity index (χ0) is 17.9. The summed E-state index contributed by atoms with van der Waals surface area (Å²) in [5.74, 6) is 0.104. The highest BCUT2D eigenvalue weighted by molar-refractivity contribution is 6.31. The predicted octanol–water partition coefficient (Wildman–Crippen LogP) is 5.26. The number of aromatic amines is 1. The van der Waals surface area contributed by atoms with E-state index < -0.39 is 0 Å². The van der Waals surface area contributed by atoms with Gasteiger partial charge in [-0.1, -0.05) is 30.2 Å². The van der Waals surface area contributed by atoms with Crippen molar-refractivity contribution in [2.24, 2.45) is 4.99 Å². The van der Waals surface area contributed by atoms with Crippen LogP contribution in [0, 0.1) is 0 Å². The van der Waals surface area contributed by atoms with Gasteiger partial charge in [0.15, 0.2) is 5.88 Å². The number of aromatic nitrogens is 1. The maximum Gasteiger partial charge on any atom is 0.198 e. The topological polar surface area (TPSA) is 51.6 Å². The van der Waals surface area contributed by atoms with Gasteiger partial charge in [0, 0.05) is 28.7 Å². The Morgan fingerprint density at radius 1 is 1.08 bits per heavy atom. The molecule has 1 saturated heterocycles. The van der Waals surface area contributed by atoms with E-state index in [0.29, 0.717) is 10.6 Å². The number of nitrogens with zero attached hydrogens (tertiary/aromatic N) is 2. The molecule has 1 aliphatic heterocycles. The van der Waals surface area contributed by atoms with Crippen LogP contribution in [-0.2, 0) is 6.54 Å². The van der Waals surface area contributed by atoms with Crippen LogP contribution in [-0.4, -0.2) is 34.3 Å². The first-order valence-electron chi connectivity index (χ1n) is 9.04. The van der Waals surface area contributed by atoms with Crippen molar-refractivity contribution in [2.75, 3.05) is 13.1 Å². The van der Waals surface area contributed by atoms with Gasteiger partial charge in [-0.25, -0.2) is 0 Å². The minimum Gasteiger partial charge on any atom is -0.494 e. The summed E-state index contributed by atoms with van der Waals surface area (Å²) < 4.78 is 0. The van der Waals surface area contributed by atoms with Crippen molar-refractivity contribution < 1.29 is 5.11 Å². The van der Waals surface area contributed by atoms with Gasteiger partial charge < -0.3 is 10.1 Å². The molecule has 4 rings (SSSR count). The number of H-pyrrole nitrogens is 1. The summed E-state index contributed by atoms with van der Waals surface area (Å²) in [5.41, 5.74) is 3.67. The second-order valence-electron chi connectivity index (χ2n) is 6.84. The van der Waals surface area contributed by atoms with Crippen LogP contribution < -0.4 is 0 Å². The van der Waals surface area contributed by atoms with E-state index in [1.165, 1.54) is 37.9 Å². The maximum atomic E-state index is 10.1. The van der Waals surface area contributed by atoms with E-state index in [9.17, 15) is 5.11 Å². The maximum absolute atomic E-state index is 10.1. The fourth-order valence-electron chi connectivity index (χ4n) is 3.50. The molecule has 0 radical (unpaired) electrons. The van der Waals surface area contributed by atoms with Crippen molar-refractivity contribution in [3.05, 3.63) is 58.6 Å². The molecule has 0 aliphatic carbocycles. The Bertz CT molecular complexity index is 924. The Balaban J connectivity index is 1.50. The number of likely N-dealkylation sites (tertiary alicyclic amines) is 1. The normalized spacial score (nSPS) is 15.9. The summed E-state index contributed by atoms with van der Waals surface area (Å²) in [6, 6.07) is 13.8. The lowest BCUT2D eigenvalue weighted by atomic mass is 10.1. The minimum absolute atomic E-state index is 0.104. The molecule has 5 heteroatoms. The van der Waals surface area contributed by atoms with Crippen LogP contribution in [0.2, 0.25) is 5.02 Å². The number of rotatable bonds is 4. The summed E-state index contributed by atoms with van der Waals surface area (Å²) in [6.45, 7) is 3.40. The number of benzene rings is 2. The third-order valence-corrected chi connectivity index (χ3v) is 5.15. The van der Waals surface area contributed by atoms with Crippen LogP contribution in [0.5, 0.6) is 5.88 Å². The monoisotopic (exact) mass is 367 g/mol. The molecule has 1 aliphatic rings. The highest BCUT2D eigenvalue weighted by Gasteiger charge is 2.11. The quantitative estimate of drug-likeness (QED) is 0.617. The number of aromatic hydroxyl groups is 1. The molecule has 0 unspecified atom stereocenters. The van der Waals surface area contributed by atoms with Gasteiger partial charge >= 0.3 is 0 Å². The first kappa shape index (κ1) is 17.1. The average molecular weight is 368 g/mol. The Hall–Kier alpha value is -2.30. The van der Waals surface area contributed by atoms with Crippen molar-refractivity contribution in [3.8, 4) is 5.88 Å². The number of hydrogen-bond donors (Lipinski definition) is 2. The lowest BCUT2D eigenvalue weighted by Crippen LogP contribution is -2.28. The van der Waals surface area contributed by atoms with E-state index in [0.717, 1.165) is 23.1 Å². The highest BCUT2D eigenvalue weighted by atomic mass is 35.5. The van der Waals surface area contributed by atoms with Crippen molar-refractivity contribution >= 4 is 34.4 Å². The van der Waals surface area contributed by atoms with Crippen LogP contribution in [0.4, 0.5) is 5.69 Å². The van der Waals surface area contributed by atoms with Crippen LogP contribution in [0.25, 0.3) is 10.9 Å². The second kappa shape index (κ2) is 7.52. The zero-order valence-electron chi connectivity index (χ0n) is 14.6. The van der Waals surface area contributed by atoms with Gasteiger partial charge in [0.05, 0.1) is 11.3 Å². The summed E-state index contributed by atoms with van der Waals surface area (Å²) in [7, 11) is 0. The van der Waals surface area contributed by atoms with Gasteiger partial charge in [0.25, 0.3) is 0 Å². The van der Waals surface area contributed by atoms with E-state index in [1.54, 1.807) is 12.3 Å². The number of hydrogen-bond acceptors (Lipinski definition) is 3. The van der Waals surface area contributed by atoms with E-state index in [2.05, 4.69) is 27.0 Å². The number of halogens is 1. The zero-order valence-corrected chi connectivity index (χ0v) is 15.3. The minimum atomic E-state index is 0.104. The predicted molar refractivity (Wildman–Crippen MR) is 108 cm³/mol. The molecule has 2 heterocycles. The van der Waals surface area contributed by atoms with Crippen molar-refractivity contribution in [3.63, 3.8) is 0 Å². The average Bonchev–Trinajstić information content (AvgIpc) is 2.96. The number of piperidine rings is 1. The smallest absolute Gasteiger partial charge is 0.198 e. The summed E-state index contributed by atoms with van der Waals surface area (Å²) in [6.07, 6.45) is 5.65. The van der Waals surface area contributed by atoms with Gasteiger partial charge in [0.2, 0.25) is 0 Å². The molecule has 0 amide bonds. The Labute approximate surface area is 158 Å². The van der Waals surface area contributed by atoms with Crippen LogP contribution in [0.1, 0.15) is 30.4 Å². The van der Waals surface area contributed by atoms with Crippen LogP contribution in [0.15, 0.2) is 47.5 Å². The summed E-state index contributed by atoms with van der Waals surface area (Å²) in [4.78, 5) is 9.97. The molecule has 134 valence electrons. The molecular formula is C21H22ClN3O. The SMILES string of the molecule is Oc1[nH]c2ccc(Cl)cc2c1C=Nc1ccc(CN2CCCCC2)cc1. The van der Waals surface area contributed by atoms with Crippen LogP contribution >= 0.6 is 11.6 Å². The van der Waals surface area contributed by atoms with Crippen molar-refractivity contribution in [1.29, 1.82) is 0 Å². The summed E-state index contributed by atoms with van der Waals surface area (Å²) >= 11 is 6.07. The summed E-state index contributed by atoms with van der Waals surface area (Å²) in [5, 5.41) is 11.6. The third kappa shape index (κ3) is 3.76. The number of aliphatic imine (C=N–C) groups is 1. The van der Waals surface area contributed by atoms with Crippen LogP contribution in [0.3, 0.4) is 0 Å². The Morgan fingerprint density at radius 2 is 1.85 bits per heavy atom. The molecule has 26 heavy (non-hydrogen) atoms. The molecule has 0 bridgehead atoms. The van der Waals surface area contributed by atoms with E-state index in [4.69, 9.17) is 11.6 Å². The molecule has 3 aromatic rings. The van der Waals surface area contributed by atoms with E-state index >= 15 is 0 Å². The Morgan fingerprint density at radius 3 is 2.62 bits per heavy atom. The highest BCUT2D eigenvalue weighted by Crippen LogP contribution is 2.28. The largest absolute Gasteiger partial charge is 0.494 e. The lowest BCUT2D eigenvalue weighted by molar-refractivity contribution is 0.221. The lowest BCUT2D eigenvalue weighted by Gasteiger charge is -2.26. The molecule has 2 aromatic carbocycles. The van der Waals surface area contributed by atoms with Gasteiger partial charge in [-0.05, 0) is 61.8 Å². The molecular weight excluding hydrogens is 346 g/mol. The molecule has 2 N–H and O–H groups in total. The van der Waals surface area contributed by atoms with Gasteiger partial charge in [0.1, 0.15) is 0 Å². The van der Waals surface area contributed by atoms with Crippen molar-refractivity contribution in [1.82, 2.24) is 9.88 Å². The first-order chi connectivity index (χ1) is 12.7. The van der Waals surface area contributed by atoms with E-state index in [1.807, 2.05) is 24.3 Å². The van der Waals surface area contributed by atoms with Gasteiger partial charge in [-0.15, -0.1) is 0 Å². The fraction of sp³-hybridized carbons (Fsp3) is 0.286. The first-order valence-corrected chi connectivity index (χ1v) is 9.42. The Kier molecular flexibility index (Phi) is 4.96. The molecule has 4 nitrogen and oxygen atoms in total. The molecule has 1 fully saturated rings. The second-order valence-corrected chi connectivity index (χ2v) is 7.28. The number of fused-ring (bicyclic) bond motifs is 1. The van der Waals surface area contributed by atoms with E-state index in [-0.39, 0.29) is 5.88 Å². The van der Waals surface area contributed by atoms with Gasteiger partial charge in [-0.3, -0.25) is 9.89 Å². The molecule has 0 spiro atoms.